The molecule has 0 aliphatic heterocycles. The van der Waals surface area contributed by atoms with Gasteiger partial charge in [0.25, 0.3) is 0 Å². The van der Waals surface area contributed by atoms with Crippen molar-refractivity contribution in [1.82, 2.24) is 0 Å². The lowest BCUT2D eigenvalue weighted by molar-refractivity contribution is 0.328. The van der Waals surface area contributed by atoms with Gasteiger partial charge in [-0.1, -0.05) is 23.2 Å². The van der Waals surface area contributed by atoms with Crippen LogP contribution >= 0.6 is 23.2 Å². The summed E-state index contributed by atoms with van der Waals surface area (Å²) >= 11 is 12.0. The van der Waals surface area contributed by atoms with Crippen LogP contribution in [-0.2, 0) is 0 Å². The highest BCUT2D eigenvalue weighted by Crippen LogP contribution is 2.38. The average molecular weight is 334 g/mol. The molecule has 0 aromatic heterocycles. The van der Waals surface area contributed by atoms with Crippen molar-refractivity contribution in [1.29, 1.82) is 0 Å². The molecule has 2 N–H and O–H groups in total. The van der Waals surface area contributed by atoms with Gasteiger partial charge in [0, 0.05) is 36.9 Å². The van der Waals surface area contributed by atoms with Gasteiger partial charge in [0.1, 0.15) is 29.7 Å². The summed E-state index contributed by atoms with van der Waals surface area (Å²) in [6.07, 6.45) is 0. The number of hydrogen-bond acceptors (Lipinski definition) is 3. The standard InChI is InChI=1S/C14H11Cl2F2NO2/c15-12-6-11(7-13(16)14(12)20-2-1-19)21-10-4-8(17)3-9(18)5-10/h3-7H,1-2,19H2. The topological polar surface area (TPSA) is 44.5 Å². The van der Waals surface area contributed by atoms with E-state index in [1.165, 1.54) is 12.1 Å². The monoisotopic (exact) mass is 333 g/mol. The van der Waals surface area contributed by atoms with E-state index in [-0.39, 0.29) is 33.9 Å². The molecule has 0 unspecified atom stereocenters. The maximum absolute atomic E-state index is 13.1. The number of nitrogens with two attached hydrogens (primary N) is 1. The zero-order valence-corrected chi connectivity index (χ0v) is 12.2. The number of halogens is 4. The van der Waals surface area contributed by atoms with Gasteiger partial charge in [-0.25, -0.2) is 8.78 Å². The van der Waals surface area contributed by atoms with Crippen LogP contribution in [0.5, 0.6) is 17.2 Å². The summed E-state index contributed by atoms with van der Waals surface area (Å²) in [6, 6.07) is 5.70. The molecule has 3 nitrogen and oxygen atoms in total. The Morgan fingerprint density at radius 2 is 1.43 bits per heavy atom. The van der Waals surface area contributed by atoms with Crippen LogP contribution in [0.15, 0.2) is 30.3 Å². The summed E-state index contributed by atoms with van der Waals surface area (Å²) in [4.78, 5) is 0. The van der Waals surface area contributed by atoms with Crippen molar-refractivity contribution in [3.63, 3.8) is 0 Å². The molecule has 0 aliphatic carbocycles. The smallest absolute Gasteiger partial charge is 0.156 e. The first kappa shape index (κ1) is 15.8. The molecule has 0 fully saturated rings. The first-order valence-electron chi connectivity index (χ1n) is 5.95. The van der Waals surface area contributed by atoms with Crippen molar-refractivity contribution < 1.29 is 18.3 Å². The van der Waals surface area contributed by atoms with E-state index < -0.39 is 11.6 Å². The molecule has 2 aromatic carbocycles. The molecule has 0 radical (unpaired) electrons. The molecule has 2 rings (SSSR count). The van der Waals surface area contributed by atoms with Crippen molar-refractivity contribution >= 4 is 23.2 Å². The molecule has 0 heterocycles. The Hall–Kier alpha value is -1.56. The van der Waals surface area contributed by atoms with Crippen LogP contribution in [0, 0.1) is 11.6 Å². The molecule has 2 aromatic rings. The second kappa shape index (κ2) is 6.93. The second-order valence-electron chi connectivity index (χ2n) is 4.06. The van der Waals surface area contributed by atoms with E-state index in [9.17, 15) is 8.78 Å². The molecule has 0 saturated heterocycles. The maximum atomic E-state index is 13.1. The Bertz CT molecular complexity index is 610. The third-order valence-electron chi connectivity index (χ3n) is 2.41. The van der Waals surface area contributed by atoms with Gasteiger partial charge in [-0.05, 0) is 0 Å². The quantitative estimate of drug-likeness (QED) is 0.881. The number of ether oxygens (including phenoxy) is 2. The number of rotatable bonds is 5. The lowest BCUT2D eigenvalue weighted by Gasteiger charge is -2.12. The fraction of sp³-hybridized carbons (Fsp3) is 0.143. The zero-order chi connectivity index (χ0) is 15.4. The highest BCUT2D eigenvalue weighted by Gasteiger charge is 2.11. The Kier molecular flexibility index (Phi) is 5.22. The molecule has 21 heavy (non-hydrogen) atoms. The molecule has 0 atom stereocenters. The third kappa shape index (κ3) is 4.20. The SMILES string of the molecule is NCCOc1c(Cl)cc(Oc2cc(F)cc(F)c2)cc1Cl. The first-order chi connectivity index (χ1) is 9.99. The van der Waals surface area contributed by atoms with Gasteiger partial charge in [-0.15, -0.1) is 0 Å². The van der Waals surface area contributed by atoms with Crippen molar-refractivity contribution in [3.8, 4) is 17.2 Å². The lowest BCUT2D eigenvalue weighted by Crippen LogP contribution is -2.11. The zero-order valence-electron chi connectivity index (χ0n) is 10.7. The summed E-state index contributed by atoms with van der Waals surface area (Å²) in [5, 5.41) is 0.422. The van der Waals surface area contributed by atoms with Crippen LogP contribution in [-0.4, -0.2) is 13.2 Å². The first-order valence-corrected chi connectivity index (χ1v) is 6.71. The van der Waals surface area contributed by atoms with E-state index in [2.05, 4.69) is 0 Å². The van der Waals surface area contributed by atoms with Gasteiger partial charge in [0.15, 0.2) is 5.75 Å². The van der Waals surface area contributed by atoms with Crippen LogP contribution < -0.4 is 15.2 Å². The Morgan fingerprint density at radius 1 is 0.905 bits per heavy atom. The molecule has 0 amide bonds. The van der Waals surface area contributed by atoms with Gasteiger partial charge < -0.3 is 15.2 Å². The molecule has 112 valence electrons. The van der Waals surface area contributed by atoms with Crippen LogP contribution in [0.25, 0.3) is 0 Å². The van der Waals surface area contributed by atoms with Crippen LogP contribution in [0.2, 0.25) is 10.0 Å². The minimum absolute atomic E-state index is 0.00439. The summed E-state index contributed by atoms with van der Waals surface area (Å²) in [5.41, 5.74) is 5.33. The van der Waals surface area contributed by atoms with Crippen molar-refractivity contribution in [2.45, 2.75) is 0 Å². The molecular weight excluding hydrogens is 323 g/mol. The van der Waals surface area contributed by atoms with Crippen LogP contribution in [0.4, 0.5) is 8.78 Å². The van der Waals surface area contributed by atoms with Crippen molar-refractivity contribution in [2.24, 2.45) is 5.73 Å². The summed E-state index contributed by atoms with van der Waals surface area (Å²) in [6.45, 7) is 0.572. The Balaban J connectivity index is 2.25. The normalized spacial score (nSPS) is 10.5. The summed E-state index contributed by atoms with van der Waals surface area (Å²) < 4.78 is 36.8. The predicted molar refractivity (Wildman–Crippen MR) is 77.4 cm³/mol. The minimum atomic E-state index is -0.745. The molecular formula is C14H11Cl2F2NO2. The van der Waals surface area contributed by atoms with Gasteiger partial charge in [0.05, 0.1) is 10.0 Å². The highest BCUT2D eigenvalue weighted by atomic mass is 35.5. The minimum Gasteiger partial charge on any atom is -0.489 e. The van der Waals surface area contributed by atoms with Gasteiger partial charge in [-0.2, -0.15) is 0 Å². The predicted octanol–water partition coefficient (Wildman–Crippen LogP) is 4.40. The third-order valence-corrected chi connectivity index (χ3v) is 2.97. The fourth-order valence-electron chi connectivity index (χ4n) is 1.62. The number of benzene rings is 2. The van der Waals surface area contributed by atoms with Crippen molar-refractivity contribution in [3.05, 3.63) is 52.0 Å². The second-order valence-corrected chi connectivity index (χ2v) is 4.87. The van der Waals surface area contributed by atoms with Crippen molar-refractivity contribution in [2.75, 3.05) is 13.2 Å². The van der Waals surface area contributed by atoms with Crippen LogP contribution in [0.1, 0.15) is 0 Å². The molecule has 0 aliphatic rings. The lowest BCUT2D eigenvalue weighted by atomic mass is 10.3. The molecule has 0 bridgehead atoms. The fourth-order valence-corrected chi connectivity index (χ4v) is 2.19. The van der Waals surface area contributed by atoms with Crippen LogP contribution in [0.3, 0.4) is 0 Å². The van der Waals surface area contributed by atoms with E-state index in [0.29, 0.717) is 6.54 Å². The Labute approximate surface area is 130 Å². The van der Waals surface area contributed by atoms with E-state index >= 15 is 0 Å². The van der Waals surface area contributed by atoms with Gasteiger partial charge in [-0.3, -0.25) is 0 Å². The maximum Gasteiger partial charge on any atom is 0.156 e. The largest absolute Gasteiger partial charge is 0.489 e. The molecule has 7 heteroatoms. The van der Waals surface area contributed by atoms with E-state index in [4.69, 9.17) is 38.4 Å². The summed E-state index contributed by atoms with van der Waals surface area (Å²) in [7, 11) is 0. The molecule has 0 spiro atoms. The average Bonchev–Trinajstić information content (AvgIpc) is 2.36. The Morgan fingerprint density at radius 3 is 1.95 bits per heavy atom. The summed E-state index contributed by atoms with van der Waals surface area (Å²) in [5.74, 6) is -0.984. The van der Waals surface area contributed by atoms with E-state index in [1.807, 2.05) is 0 Å². The van der Waals surface area contributed by atoms with E-state index in [1.54, 1.807) is 0 Å². The number of hydrogen-bond donors (Lipinski definition) is 1. The molecule has 0 saturated carbocycles. The highest BCUT2D eigenvalue weighted by molar-refractivity contribution is 6.37. The van der Waals surface area contributed by atoms with Gasteiger partial charge >= 0.3 is 0 Å². The van der Waals surface area contributed by atoms with Gasteiger partial charge in [0.2, 0.25) is 0 Å². The van der Waals surface area contributed by atoms with E-state index in [0.717, 1.165) is 18.2 Å².